The van der Waals surface area contributed by atoms with E-state index in [9.17, 15) is 0 Å². The highest BCUT2D eigenvalue weighted by Gasteiger charge is 1.97. The van der Waals surface area contributed by atoms with Gasteiger partial charge in [-0.15, -0.1) is 0 Å². The maximum absolute atomic E-state index is 5.70. The summed E-state index contributed by atoms with van der Waals surface area (Å²) in [6.07, 6.45) is 3.48. The molecule has 0 bridgehead atoms. The molecule has 0 saturated carbocycles. The summed E-state index contributed by atoms with van der Waals surface area (Å²) < 4.78 is 10.8. The Morgan fingerprint density at radius 3 is 2.45 bits per heavy atom. The summed E-state index contributed by atoms with van der Waals surface area (Å²) in [4.78, 5) is 0. The maximum Gasteiger partial charge on any atom is 0.119 e. The van der Waals surface area contributed by atoms with Gasteiger partial charge in [0.25, 0.3) is 0 Å². The number of methoxy groups -OCH3 is 1. The second kappa shape index (κ2) is 10.7. The Morgan fingerprint density at radius 2 is 1.80 bits per heavy atom. The van der Waals surface area contributed by atoms with E-state index in [1.54, 1.807) is 7.11 Å². The number of hydrogen-bond donors (Lipinski definition) is 1. The summed E-state index contributed by atoms with van der Waals surface area (Å²) in [5.74, 6) is 1.74. The van der Waals surface area contributed by atoms with Gasteiger partial charge < -0.3 is 14.8 Å². The van der Waals surface area contributed by atoms with E-state index in [1.807, 2.05) is 12.1 Å². The van der Waals surface area contributed by atoms with E-state index in [0.717, 1.165) is 44.4 Å². The van der Waals surface area contributed by atoms with Crippen LogP contribution in [-0.4, -0.2) is 33.4 Å². The molecule has 1 aromatic rings. The molecule has 1 rings (SSSR count). The third kappa shape index (κ3) is 8.18. The lowest BCUT2D eigenvalue weighted by Crippen LogP contribution is -2.22. The summed E-state index contributed by atoms with van der Waals surface area (Å²) in [6.45, 7) is 8.00. The number of rotatable bonds is 11. The van der Waals surface area contributed by atoms with Crippen LogP contribution in [0.2, 0.25) is 0 Å². The molecule has 20 heavy (non-hydrogen) atoms. The maximum atomic E-state index is 5.70. The number of hydrogen-bond acceptors (Lipinski definition) is 3. The van der Waals surface area contributed by atoms with Crippen LogP contribution in [0.4, 0.5) is 0 Å². The predicted octanol–water partition coefficient (Wildman–Crippen LogP) is 3.28. The lowest BCUT2D eigenvalue weighted by atomic mass is 10.1. The van der Waals surface area contributed by atoms with E-state index in [-0.39, 0.29) is 0 Å². The van der Waals surface area contributed by atoms with Crippen molar-refractivity contribution in [3.63, 3.8) is 0 Å². The van der Waals surface area contributed by atoms with E-state index < -0.39 is 0 Å². The van der Waals surface area contributed by atoms with Crippen LogP contribution in [0.1, 0.15) is 32.3 Å². The molecule has 0 atom stereocenters. The van der Waals surface area contributed by atoms with Gasteiger partial charge in [0.05, 0.1) is 6.61 Å². The topological polar surface area (TPSA) is 30.5 Å². The van der Waals surface area contributed by atoms with Gasteiger partial charge in [-0.05, 0) is 49.4 Å². The van der Waals surface area contributed by atoms with Gasteiger partial charge >= 0.3 is 0 Å². The van der Waals surface area contributed by atoms with Crippen LogP contribution in [0.3, 0.4) is 0 Å². The molecule has 0 heterocycles. The lowest BCUT2D eigenvalue weighted by molar-refractivity contribution is 0.202. The van der Waals surface area contributed by atoms with Gasteiger partial charge in [-0.2, -0.15) is 0 Å². The Labute approximate surface area is 123 Å². The van der Waals surface area contributed by atoms with Crippen molar-refractivity contribution in [2.45, 2.75) is 33.1 Å². The summed E-state index contributed by atoms with van der Waals surface area (Å²) >= 11 is 0. The highest BCUT2D eigenvalue weighted by atomic mass is 16.5. The molecule has 114 valence electrons. The molecule has 0 aliphatic carbocycles. The molecular formula is C17H29NO2. The monoisotopic (exact) mass is 279 g/mol. The van der Waals surface area contributed by atoms with Crippen LogP contribution in [0.5, 0.6) is 5.75 Å². The molecule has 0 amide bonds. The highest BCUT2D eigenvalue weighted by Crippen LogP contribution is 2.12. The summed E-state index contributed by atoms with van der Waals surface area (Å²) in [5, 5.41) is 3.41. The first-order valence-corrected chi connectivity index (χ1v) is 7.63. The van der Waals surface area contributed by atoms with Crippen molar-refractivity contribution >= 4 is 0 Å². The molecule has 0 radical (unpaired) electrons. The van der Waals surface area contributed by atoms with Gasteiger partial charge in [0.1, 0.15) is 12.4 Å². The smallest absolute Gasteiger partial charge is 0.119 e. The average molecular weight is 279 g/mol. The van der Waals surface area contributed by atoms with Crippen LogP contribution in [-0.2, 0) is 11.2 Å². The van der Waals surface area contributed by atoms with Gasteiger partial charge in [0, 0.05) is 13.7 Å². The van der Waals surface area contributed by atoms with Crippen molar-refractivity contribution in [2.24, 2.45) is 5.92 Å². The quantitative estimate of drug-likeness (QED) is 0.631. The average Bonchev–Trinajstić information content (AvgIpc) is 2.45. The first-order chi connectivity index (χ1) is 9.72. The zero-order chi connectivity index (χ0) is 14.6. The SMILES string of the molecule is COCCc1ccc(OCCNCCCC(C)C)cc1. The molecule has 3 heteroatoms. The molecular weight excluding hydrogens is 250 g/mol. The second-order valence-electron chi connectivity index (χ2n) is 5.52. The Morgan fingerprint density at radius 1 is 1.05 bits per heavy atom. The molecule has 0 saturated heterocycles. The zero-order valence-corrected chi connectivity index (χ0v) is 13.2. The molecule has 1 N–H and O–H groups in total. The Bertz CT molecular complexity index is 335. The minimum atomic E-state index is 0.721. The fourth-order valence-corrected chi connectivity index (χ4v) is 1.97. The van der Waals surface area contributed by atoms with Crippen LogP contribution < -0.4 is 10.1 Å². The number of benzene rings is 1. The van der Waals surface area contributed by atoms with Crippen molar-refractivity contribution in [1.29, 1.82) is 0 Å². The fourth-order valence-electron chi connectivity index (χ4n) is 1.97. The standard InChI is InChI=1S/C17H29NO2/c1-15(2)5-4-11-18-12-14-20-17-8-6-16(7-9-17)10-13-19-3/h6-9,15,18H,4-5,10-14H2,1-3H3. The molecule has 0 aromatic heterocycles. The molecule has 0 aliphatic rings. The summed E-state index contributed by atoms with van der Waals surface area (Å²) in [7, 11) is 1.73. The van der Waals surface area contributed by atoms with Crippen molar-refractivity contribution in [3.05, 3.63) is 29.8 Å². The van der Waals surface area contributed by atoms with Crippen LogP contribution in [0.15, 0.2) is 24.3 Å². The third-order valence-electron chi connectivity index (χ3n) is 3.20. The Balaban J connectivity index is 2.07. The minimum Gasteiger partial charge on any atom is -0.492 e. The summed E-state index contributed by atoms with van der Waals surface area (Å²) in [6, 6.07) is 8.27. The molecule has 0 unspecified atom stereocenters. The molecule has 1 aromatic carbocycles. The largest absolute Gasteiger partial charge is 0.492 e. The van der Waals surface area contributed by atoms with E-state index in [2.05, 4.69) is 31.3 Å². The third-order valence-corrected chi connectivity index (χ3v) is 3.20. The Hall–Kier alpha value is -1.06. The minimum absolute atomic E-state index is 0.721. The number of nitrogens with one attached hydrogen (secondary N) is 1. The van der Waals surface area contributed by atoms with Crippen molar-refractivity contribution in [2.75, 3.05) is 33.4 Å². The second-order valence-corrected chi connectivity index (χ2v) is 5.52. The first kappa shape index (κ1) is 17.0. The zero-order valence-electron chi connectivity index (χ0n) is 13.2. The van der Waals surface area contributed by atoms with Crippen LogP contribution >= 0.6 is 0 Å². The van der Waals surface area contributed by atoms with E-state index in [4.69, 9.17) is 9.47 Å². The molecule has 3 nitrogen and oxygen atoms in total. The van der Waals surface area contributed by atoms with E-state index in [0.29, 0.717) is 0 Å². The Kier molecular flexibility index (Phi) is 9.09. The van der Waals surface area contributed by atoms with Gasteiger partial charge in [-0.3, -0.25) is 0 Å². The normalized spacial score (nSPS) is 11.0. The molecule has 0 aliphatic heterocycles. The summed E-state index contributed by atoms with van der Waals surface area (Å²) in [5.41, 5.74) is 1.28. The van der Waals surface area contributed by atoms with Crippen LogP contribution in [0, 0.1) is 5.92 Å². The van der Waals surface area contributed by atoms with Crippen LogP contribution in [0.25, 0.3) is 0 Å². The number of ether oxygens (including phenoxy) is 2. The van der Waals surface area contributed by atoms with E-state index >= 15 is 0 Å². The van der Waals surface area contributed by atoms with Crippen molar-refractivity contribution in [3.8, 4) is 5.75 Å². The molecule has 0 spiro atoms. The lowest BCUT2D eigenvalue weighted by Gasteiger charge is -2.09. The van der Waals surface area contributed by atoms with Gasteiger partial charge in [-0.1, -0.05) is 26.0 Å². The predicted molar refractivity (Wildman–Crippen MR) is 84.5 cm³/mol. The molecule has 0 fully saturated rings. The first-order valence-electron chi connectivity index (χ1n) is 7.63. The van der Waals surface area contributed by atoms with E-state index in [1.165, 1.54) is 18.4 Å². The highest BCUT2D eigenvalue weighted by molar-refractivity contribution is 5.27. The van der Waals surface area contributed by atoms with Gasteiger partial charge in [-0.25, -0.2) is 0 Å². The van der Waals surface area contributed by atoms with Crippen molar-refractivity contribution < 1.29 is 9.47 Å². The van der Waals surface area contributed by atoms with Gasteiger partial charge in [0.2, 0.25) is 0 Å². The van der Waals surface area contributed by atoms with Crippen molar-refractivity contribution in [1.82, 2.24) is 5.32 Å². The fraction of sp³-hybridized carbons (Fsp3) is 0.647. The van der Waals surface area contributed by atoms with Gasteiger partial charge in [0.15, 0.2) is 0 Å².